The van der Waals surface area contributed by atoms with Gasteiger partial charge in [0.05, 0.1) is 0 Å². The van der Waals surface area contributed by atoms with E-state index in [0.717, 1.165) is 23.2 Å². The Morgan fingerprint density at radius 3 is 2.47 bits per heavy atom. The van der Waals surface area contributed by atoms with E-state index in [2.05, 4.69) is 17.1 Å². The molecule has 2 rings (SSSR count). The first-order valence-corrected chi connectivity index (χ1v) is 5.74. The van der Waals surface area contributed by atoms with E-state index in [0.29, 0.717) is 13.1 Å². The van der Waals surface area contributed by atoms with E-state index >= 15 is 0 Å². The third-order valence-electron chi connectivity index (χ3n) is 2.82. The first-order valence-electron chi connectivity index (χ1n) is 5.74. The summed E-state index contributed by atoms with van der Waals surface area (Å²) in [4.78, 5) is 4.33. The molecule has 0 unspecified atom stereocenters. The van der Waals surface area contributed by atoms with Crippen LogP contribution in [0.15, 0.2) is 42.6 Å². The van der Waals surface area contributed by atoms with Crippen molar-refractivity contribution in [1.29, 1.82) is 0 Å². The molecule has 3 nitrogen and oxygen atoms in total. The Labute approximate surface area is 101 Å². The maximum Gasteiger partial charge on any atom is 0.0447 e. The third-order valence-corrected chi connectivity index (χ3v) is 2.82. The number of aromatic nitrogens is 1. The molecule has 0 bridgehead atoms. The molecule has 4 N–H and O–H groups in total. The van der Waals surface area contributed by atoms with Gasteiger partial charge in [0.1, 0.15) is 0 Å². The Morgan fingerprint density at radius 2 is 1.82 bits per heavy atom. The molecule has 0 saturated carbocycles. The van der Waals surface area contributed by atoms with E-state index in [1.54, 1.807) is 0 Å². The smallest absolute Gasteiger partial charge is 0.0447 e. The van der Waals surface area contributed by atoms with Gasteiger partial charge in [0, 0.05) is 31.4 Å². The molecule has 1 aromatic carbocycles. The van der Waals surface area contributed by atoms with Crippen LogP contribution in [0.1, 0.15) is 22.4 Å². The van der Waals surface area contributed by atoms with Crippen molar-refractivity contribution in [2.45, 2.75) is 19.5 Å². The van der Waals surface area contributed by atoms with Gasteiger partial charge in [-0.05, 0) is 28.8 Å². The number of pyridine rings is 1. The minimum atomic E-state index is 0.549. The second-order valence-corrected chi connectivity index (χ2v) is 4.01. The highest BCUT2D eigenvalue weighted by Crippen LogP contribution is 2.15. The molecule has 88 valence electrons. The fourth-order valence-electron chi connectivity index (χ4n) is 1.87. The van der Waals surface area contributed by atoms with Crippen LogP contribution in [0.3, 0.4) is 0 Å². The molecule has 17 heavy (non-hydrogen) atoms. The van der Waals surface area contributed by atoms with Gasteiger partial charge in [-0.1, -0.05) is 24.3 Å². The molecule has 1 aromatic heterocycles. The average Bonchev–Trinajstić information content (AvgIpc) is 2.40. The van der Waals surface area contributed by atoms with E-state index in [9.17, 15) is 0 Å². The van der Waals surface area contributed by atoms with Crippen molar-refractivity contribution < 1.29 is 0 Å². The van der Waals surface area contributed by atoms with E-state index in [1.807, 2.05) is 30.5 Å². The van der Waals surface area contributed by atoms with Crippen LogP contribution in [0.4, 0.5) is 0 Å². The van der Waals surface area contributed by atoms with E-state index in [4.69, 9.17) is 11.5 Å². The molecule has 1 heterocycles. The first-order chi connectivity index (χ1) is 8.33. The van der Waals surface area contributed by atoms with Crippen molar-refractivity contribution in [3.63, 3.8) is 0 Å². The van der Waals surface area contributed by atoms with Gasteiger partial charge in [-0.2, -0.15) is 0 Å². The SMILES string of the molecule is NCc1ccc(CN)c(Cc2ccccn2)c1. The lowest BCUT2D eigenvalue weighted by Gasteiger charge is -2.09. The molecule has 3 heteroatoms. The summed E-state index contributed by atoms with van der Waals surface area (Å²) in [5, 5.41) is 0. The number of nitrogens with zero attached hydrogens (tertiary/aromatic N) is 1. The van der Waals surface area contributed by atoms with Gasteiger partial charge in [-0.3, -0.25) is 4.98 Å². The van der Waals surface area contributed by atoms with Crippen molar-refractivity contribution in [2.75, 3.05) is 0 Å². The molecule has 0 fully saturated rings. The van der Waals surface area contributed by atoms with Crippen LogP contribution in [0.25, 0.3) is 0 Å². The Balaban J connectivity index is 2.30. The Kier molecular flexibility index (Phi) is 3.85. The van der Waals surface area contributed by atoms with Gasteiger partial charge < -0.3 is 11.5 Å². The molecule has 2 aromatic rings. The van der Waals surface area contributed by atoms with Gasteiger partial charge in [0.15, 0.2) is 0 Å². The van der Waals surface area contributed by atoms with Gasteiger partial charge in [-0.15, -0.1) is 0 Å². The average molecular weight is 227 g/mol. The second-order valence-electron chi connectivity index (χ2n) is 4.01. The number of hydrogen-bond acceptors (Lipinski definition) is 3. The molecule has 0 aliphatic heterocycles. The zero-order valence-electron chi connectivity index (χ0n) is 9.76. The molecule has 0 aliphatic carbocycles. The number of rotatable bonds is 4. The van der Waals surface area contributed by atoms with Gasteiger partial charge in [0.2, 0.25) is 0 Å². The summed E-state index contributed by atoms with van der Waals surface area (Å²) < 4.78 is 0. The van der Waals surface area contributed by atoms with Crippen LogP contribution < -0.4 is 11.5 Å². The molecule has 0 saturated heterocycles. The Hall–Kier alpha value is -1.71. The van der Waals surface area contributed by atoms with Gasteiger partial charge in [-0.25, -0.2) is 0 Å². The molecular weight excluding hydrogens is 210 g/mol. The van der Waals surface area contributed by atoms with E-state index in [1.165, 1.54) is 5.56 Å². The Morgan fingerprint density at radius 1 is 0.941 bits per heavy atom. The normalized spacial score (nSPS) is 10.5. The fraction of sp³-hybridized carbons (Fsp3) is 0.214. The standard InChI is InChI=1S/C14H17N3/c15-9-11-4-5-12(10-16)13(7-11)8-14-3-1-2-6-17-14/h1-7H,8-10,15-16H2. The third kappa shape index (κ3) is 2.90. The van der Waals surface area contributed by atoms with Crippen LogP contribution >= 0.6 is 0 Å². The van der Waals surface area contributed by atoms with Crippen molar-refractivity contribution in [1.82, 2.24) is 4.98 Å². The summed E-state index contributed by atoms with van der Waals surface area (Å²) in [5.74, 6) is 0. The van der Waals surface area contributed by atoms with Crippen molar-refractivity contribution in [2.24, 2.45) is 11.5 Å². The largest absolute Gasteiger partial charge is 0.326 e. The summed E-state index contributed by atoms with van der Waals surface area (Å²) in [6.07, 6.45) is 2.62. The fourth-order valence-corrected chi connectivity index (χ4v) is 1.87. The van der Waals surface area contributed by atoms with Crippen LogP contribution in [-0.2, 0) is 19.5 Å². The lowest BCUT2D eigenvalue weighted by Crippen LogP contribution is -2.05. The molecule has 0 radical (unpaired) electrons. The molecule has 0 amide bonds. The van der Waals surface area contributed by atoms with E-state index in [-0.39, 0.29) is 0 Å². The molecule has 0 atom stereocenters. The maximum absolute atomic E-state index is 5.74. The lowest BCUT2D eigenvalue weighted by molar-refractivity contribution is 0.975. The Bertz CT molecular complexity index is 480. The number of hydrogen-bond donors (Lipinski definition) is 2. The van der Waals surface area contributed by atoms with Gasteiger partial charge in [0.25, 0.3) is 0 Å². The minimum absolute atomic E-state index is 0.549. The van der Waals surface area contributed by atoms with E-state index < -0.39 is 0 Å². The number of nitrogens with two attached hydrogens (primary N) is 2. The zero-order chi connectivity index (χ0) is 12.1. The zero-order valence-corrected chi connectivity index (χ0v) is 9.76. The minimum Gasteiger partial charge on any atom is -0.326 e. The summed E-state index contributed by atoms with van der Waals surface area (Å²) in [6, 6.07) is 12.2. The van der Waals surface area contributed by atoms with Crippen molar-refractivity contribution in [3.8, 4) is 0 Å². The molecule has 0 spiro atoms. The highest BCUT2D eigenvalue weighted by Gasteiger charge is 2.04. The van der Waals surface area contributed by atoms with Crippen LogP contribution in [0, 0.1) is 0 Å². The monoisotopic (exact) mass is 227 g/mol. The topological polar surface area (TPSA) is 64.9 Å². The molecular formula is C14H17N3. The van der Waals surface area contributed by atoms with Crippen LogP contribution in [0.2, 0.25) is 0 Å². The summed E-state index contributed by atoms with van der Waals surface area (Å²) in [7, 11) is 0. The maximum atomic E-state index is 5.74. The summed E-state index contributed by atoms with van der Waals surface area (Å²) in [5.41, 5.74) is 16.0. The second kappa shape index (κ2) is 5.57. The lowest BCUT2D eigenvalue weighted by atomic mass is 9.99. The predicted molar refractivity (Wildman–Crippen MR) is 69.3 cm³/mol. The summed E-state index contributed by atoms with van der Waals surface area (Å²) in [6.45, 7) is 1.10. The van der Waals surface area contributed by atoms with Gasteiger partial charge >= 0.3 is 0 Å². The highest BCUT2D eigenvalue weighted by atomic mass is 14.7. The van der Waals surface area contributed by atoms with Crippen molar-refractivity contribution in [3.05, 3.63) is 65.0 Å². The van der Waals surface area contributed by atoms with Crippen molar-refractivity contribution >= 4 is 0 Å². The summed E-state index contributed by atoms with van der Waals surface area (Å²) >= 11 is 0. The van der Waals surface area contributed by atoms with Crippen LogP contribution in [-0.4, -0.2) is 4.98 Å². The number of benzene rings is 1. The van der Waals surface area contributed by atoms with Crippen LogP contribution in [0.5, 0.6) is 0 Å². The quantitative estimate of drug-likeness (QED) is 0.833. The first kappa shape index (κ1) is 11.8. The molecule has 0 aliphatic rings. The highest BCUT2D eigenvalue weighted by molar-refractivity contribution is 5.34. The predicted octanol–water partition coefficient (Wildman–Crippen LogP) is 1.59.